The molecule has 0 fully saturated rings. The Labute approximate surface area is 161 Å². The van der Waals surface area contributed by atoms with E-state index in [9.17, 15) is 9.59 Å². The fraction of sp³-hybridized carbons (Fsp3) is 0.238. The number of benzene rings is 2. The van der Waals surface area contributed by atoms with Gasteiger partial charge in [0, 0.05) is 23.6 Å². The van der Waals surface area contributed by atoms with E-state index in [1.54, 1.807) is 17.9 Å². The first-order valence-electron chi connectivity index (χ1n) is 8.53. The van der Waals surface area contributed by atoms with Crippen LogP contribution in [0.25, 0.3) is 6.08 Å². The number of ether oxygens (including phenoxy) is 1. The molecular formula is C21H20BrNO3. The Balaban J connectivity index is 1.58. The Morgan fingerprint density at radius 3 is 2.58 bits per heavy atom. The van der Waals surface area contributed by atoms with Crippen LogP contribution in [0.2, 0.25) is 0 Å². The normalized spacial score (nSPS) is 14.8. The van der Waals surface area contributed by atoms with Crippen molar-refractivity contribution in [3.8, 4) is 0 Å². The standard InChI is InChI=1S/C21H20BrNO3/c1-15(26-20(24)11-10-17-7-4-5-9-19(17)22)21(25)23-13-12-16-6-2-3-8-18(16)14-23/h2-11,15H,12-14H2,1H3/b11-10+/t15-/m0/s1. The molecule has 0 saturated heterocycles. The molecule has 1 atom stereocenters. The Morgan fingerprint density at radius 1 is 1.12 bits per heavy atom. The molecule has 0 radical (unpaired) electrons. The van der Waals surface area contributed by atoms with E-state index in [-0.39, 0.29) is 5.91 Å². The molecule has 0 bridgehead atoms. The predicted molar refractivity (Wildman–Crippen MR) is 104 cm³/mol. The first kappa shape index (κ1) is 18.4. The van der Waals surface area contributed by atoms with Gasteiger partial charge in [-0.05, 0) is 42.2 Å². The maximum absolute atomic E-state index is 12.6. The van der Waals surface area contributed by atoms with Crippen molar-refractivity contribution in [2.75, 3.05) is 6.54 Å². The van der Waals surface area contributed by atoms with Crippen molar-refractivity contribution in [3.05, 3.63) is 75.8 Å². The lowest BCUT2D eigenvalue weighted by molar-refractivity contribution is -0.155. The van der Waals surface area contributed by atoms with Crippen molar-refractivity contribution in [2.45, 2.75) is 26.0 Å². The summed E-state index contributed by atoms with van der Waals surface area (Å²) in [5.74, 6) is -0.693. The minimum absolute atomic E-state index is 0.165. The average Bonchev–Trinajstić information content (AvgIpc) is 2.66. The Hall–Kier alpha value is -2.40. The maximum Gasteiger partial charge on any atom is 0.331 e. The number of hydrogen-bond donors (Lipinski definition) is 0. The lowest BCUT2D eigenvalue weighted by Gasteiger charge is -2.30. The summed E-state index contributed by atoms with van der Waals surface area (Å²) in [7, 11) is 0. The summed E-state index contributed by atoms with van der Waals surface area (Å²) in [4.78, 5) is 26.4. The summed E-state index contributed by atoms with van der Waals surface area (Å²) >= 11 is 3.42. The minimum atomic E-state index is -0.809. The summed E-state index contributed by atoms with van der Waals surface area (Å²) < 4.78 is 6.17. The lowest BCUT2D eigenvalue weighted by Crippen LogP contribution is -2.42. The zero-order valence-electron chi connectivity index (χ0n) is 14.5. The topological polar surface area (TPSA) is 46.6 Å². The molecule has 0 saturated carbocycles. The Kier molecular flexibility index (Phi) is 5.89. The van der Waals surface area contributed by atoms with Crippen molar-refractivity contribution in [1.82, 2.24) is 4.90 Å². The van der Waals surface area contributed by atoms with Gasteiger partial charge in [0.25, 0.3) is 5.91 Å². The minimum Gasteiger partial charge on any atom is -0.449 e. The van der Waals surface area contributed by atoms with E-state index in [0.717, 1.165) is 22.0 Å². The zero-order chi connectivity index (χ0) is 18.5. The lowest BCUT2D eigenvalue weighted by atomic mass is 9.99. The highest BCUT2D eigenvalue weighted by Crippen LogP contribution is 2.20. The molecule has 134 valence electrons. The van der Waals surface area contributed by atoms with Crippen LogP contribution in [0.15, 0.2) is 59.1 Å². The van der Waals surface area contributed by atoms with E-state index in [1.165, 1.54) is 11.6 Å². The molecule has 1 heterocycles. The number of carbonyl (C=O) groups is 2. The third-order valence-corrected chi connectivity index (χ3v) is 5.11. The highest BCUT2D eigenvalue weighted by atomic mass is 79.9. The summed E-state index contributed by atoms with van der Waals surface area (Å²) in [5.41, 5.74) is 3.30. The van der Waals surface area contributed by atoms with Gasteiger partial charge in [-0.25, -0.2) is 4.79 Å². The second-order valence-corrected chi connectivity index (χ2v) is 7.07. The van der Waals surface area contributed by atoms with Gasteiger partial charge in [0.15, 0.2) is 6.10 Å². The fourth-order valence-electron chi connectivity index (χ4n) is 2.97. The van der Waals surface area contributed by atoms with Gasteiger partial charge in [-0.15, -0.1) is 0 Å². The van der Waals surface area contributed by atoms with Crippen molar-refractivity contribution < 1.29 is 14.3 Å². The number of esters is 1. The monoisotopic (exact) mass is 413 g/mol. The number of amides is 1. The van der Waals surface area contributed by atoms with Crippen LogP contribution >= 0.6 is 15.9 Å². The van der Waals surface area contributed by atoms with Gasteiger partial charge >= 0.3 is 5.97 Å². The molecule has 0 aliphatic carbocycles. The van der Waals surface area contributed by atoms with Crippen LogP contribution in [0.5, 0.6) is 0 Å². The van der Waals surface area contributed by atoms with Crippen LogP contribution in [0.1, 0.15) is 23.6 Å². The molecule has 26 heavy (non-hydrogen) atoms. The largest absolute Gasteiger partial charge is 0.449 e. The first-order chi connectivity index (χ1) is 12.5. The molecule has 1 aliphatic heterocycles. The number of fused-ring (bicyclic) bond motifs is 1. The van der Waals surface area contributed by atoms with Crippen LogP contribution < -0.4 is 0 Å². The molecule has 5 heteroatoms. The molecule has 2 aromatic carbocycles. The molecule has 3 rings (SSSR count). The third kappa shape index (κ3) is 4.41. The van der Waals surface area contributed by atoms with Gasteiger partial charge < -0.3 is 9.64 Å². The van der Waals surface area contributed by atoms with E-state index in [1.807, 2.05) is 42.5 Å². The van der Waals surface area contributed by atoms with Gasteiger partial charge in [0.2, 0.25) is 0 Å². The summed E-state index contributed by atoms with van der Waals surface area (Å²) in [6.45, 7) is 2.82. The number of halogens is 1. The van der Waals surface area contributed by atoms with Crippen LogP contribution in [0.4, 0.5) is 0 Å². The van der Waals surface area contributed by atoms with Crippen molar-refractivity contribution in [2.24, 2.45) is 0 Å². The summed E-state index contributed by atoms with van der Waals surface area (Å²) in [6.07, 6.45) is 3.03. The number of hydrogen-bond acceptors (Lipinski definition) is 3. The second kappa shape index (κ2) is 8.32. The highest BCUT2D eigenvalue weighted by molar-refractivity contribution is 9.10. The van der Waals surface area contributed by atoms with Crippen molar-refractivity contribution in [1.29, 1.82) is 0 Å². The van der Waals surface area contributed by atoms with Gasteiger partial charge in [0.1, 0.15) is 0 Å². The average molecular weight is 414 g/mol. The van der Waals surface area contributed by atoms with E-state index >= 15 is 0 Å². The van der Waals surface area contributed by atoms with Crippen LogP contribution in [0, 0.1) is 0 Å². The predicted octanol–water partition coefficient (Wildman–Crippen LogP) is 3.98. The quantitative estimate of drug-likeness (QED) is 0.562. The Morgan fingerprint density at radius 2 is 1.81 bits per heavy atom. The van der Waals surface area contributed by atoms with E-state index < -0.39 is 12.1 Å². The van der Waals surface area contributed by atoms with Crippen molar-refractivity contribution >= 4 is 33.9 Å². The molecule has 4 nitrogen and oxygen atoms in total. The second-order valence-electron chi connectivity index (χ2n) is 6.21. The molecule has 0 aromatic heterocycles. The molecule has 2 aromatic rings. The van der Waals surface area contributed by atoms with Gasteiger partial charge in [-0.3, -0.25) is 4.79 Å². The molecule has 0 unspecified atom stereocenters. The highest BCUT2D eigenvalue weighted by Gasteiger charge is 2.26. The molecule has 1 aliphatic rings. The zero-order valence-corrected chi connectivity index (χ0v) is 16.1. The number of carbonyl (C=O) groups excluding carboxylic acids is 2. The van der Waals surface area contributed by atoms with Gasteiger partial charge in [-0.2, -0.15) is 0 Å². The van der Waals surface area contributed by atoms with Gasteiger partial charge in [0.05, 0.1) is 0 Å². The van der Waals surface area contributed by atoms with E-state index in [2.05, 4.69) is 22.0 Å². The Bertz CT molecular complexity index is 847. The van der Waals surface area contributed by atoms with E-state index in [4.69, 9.17) is 4.74 Å². The smallest absolute Gasteiger partial charge is 0.331 e. The number of nitrogens with zero attached hydrogens (tertiary/aromatic N) is 1. The van der Waals surface area contributed by atoms with Gasteiger partial charge in [-0.1, -0.05) is 58.4 Å². The van der Waals surface area contributed by atoms with Crippen LogP contribution in [-0.4, -0.2) is 29.4 Å². The van der Waals surface area contributed by atoms with Crippen LogP contribution in [0.3, 0.4) is 0 Å². The molecule has 0 N–H and O–H groups in total. The summed E-state index contributed by atoms with van der Waals surface area (Å²) in [5, 5.41) is 0. The SMILES string of the molecule is C[C@H](OC(=O)/C=C/c1ccccc1Br)C(=O)N1CCc2ccccc2C1. The molecule has 0 spiro atoms. The first-order valence-corrected chi connectivity index (χ1v) is 9.32. The fourth-order valence-corrected chi connectivity index (χ4v) is 3.39. The van der Waals surface area contributed by atoms with Crippen LogP contribution in [-0.2, 0) is 27.3 Å². The van der Waals surface area contributed by atoms with E-state index in [0.29, 0.717) is 13.1 Å². The van der Waals surface area contributed by atoms with Crippen molar-refractivity contribution in [3.63, 3.8) is 0 Å². The molecule has 1 amide bonds. The summed E-state index contributed by atoms with van der Waals surface area (Å²) in [6, 6.07) is 15.7. The molecular weight excluding hydrogens is 394 g/mol. The number of rotatable bonds is 4. The maximum atomic E-state index is 12.6. The third-order valence-electron chi connectivity index (χ3n) is 4.39.